The summed E-state index contributed by atoms with van der Waals surface area (Å²) >= 11 is 0. The van der Waals surface area contributed by atoms with Crippen LogP contribution in [0.5, 0.6) is 0 Å². The van der Waals surface area contributed by atoms with E-state index in [4.69, 9.17) is 5.73 Å². The molecule has 0 bridgehead atoms. The van der Waals surface area contributed by atoms with Crippen LogP contribution in [-0.2, 0) is 6.18 Å². The molecule has 1 rings (SSSR count). The molecule has 0 amide bonds. The molecule has 0 spiro atoms. The summed E-state index contributed by atoms with van der Waals surface area (Å²) in [6.45, 7) is 4.07. The van der Waals surface area contributed by atoms with E-state index in [1.807, 2.05) is 13.8 Å². The first-order chi connectivity index (χ1) is 8.78. The molecule has 0 aromatic heterocycles. The highest BCUT2D eigenvalue weighted by Crippen LogP contribution is 2.32. The zero-order valence-electron chi connectivity index (χ0n) is 10.9. The molecule has 0 atom stereocenters. The molecule has 0 heterocycles. The Balaban J connectivity index is 3.04. The van der Waals surface area contributed by atoms with Gasteiger partial charge in [0.05, 0.1) is 11.3 Å². The first kappa shape index (κ1) is 15.8. The lowest BCUT2D eigenvalue weighted by Crippen LogP contribution is -2.44. The molecule has 6 heteroatoms. The summed E-state index contributed by atoms with van der Waals surface area (Å²) in [5.41, 5.74) is 4.21. The van der Waals surface area contributed by atoms with Crippen LogP contribution in [0.25, 0.3) is 0 Å². The Kier molecular flexibility index (Phi) is 4.79. The minimum Gasteiger partial charge on any atom is -0.376 e. The van der Waals surface area contributed by atoms with E-state index < -0.39 is 23.1 Å². The molecular weight excluding hydrogens is 260 g/mol. The number of benzene rings is 1. The van der Waals surface area contributed by atoms with Gasteiger partial charge in [0.25, 0.3) is 0 Å². The first-order valence-electron chi connectivity index (χ1n) is 6.13. The lowest BCUT2D eigenvalue weighted by molar-refractivity contribution is -0.137. The molecule has 19 heavy (non-hydrogen) atoms. The highest BCUT2D eigenvalue weighted by molar-refractivity contribution is 5.49. The maximum Gasteiger partial charge on any atom is 0.416 e. The maximum absolute atomic E-state index is 13.7. The third kappa shape index (κ3) is 3.59. The van der Waals surface area contributed by atoms with Crippen LogP contribution in [0.1, 0.15) is 32.3 Å². The van der Waals surface area contributed by atoms with Gasteiger partial charge in [-0.05, 0) is 31.0 Å². The fourth-order valence-corrected chi connectivity index (χ4v) is 1.84. The average Bonchev–Trinajstić information content (AvgIpc) is 2.37. The Hall–Kier alpha value is -1.30. The minimum atomic E-state index is -4.54. The fourth-order valence-electron chi connectivity index (χ4n) is 1.84. The molecule has 0 aliphatic carbocycles. The smallest absolute Gasteiger partial charge is 0.376 e. The van der Waals surface area contributed by atoms with Gasteiger partial charge < -0.3 is 11.1 Å². The molecule has 0 fully saturated rings. The summed E-state index contributed by atoms with van der Waals surface area (Å²) in [5, 5.41) is 2.92. The van der Waals surface area contributed by atoms with Crippen LogP contribution in [0.4, 0.5) is 23.2 Å². The number of nitrogens with one attached hydrogen (secondary N) is 1. The second-order valence-corrected chi connectivity index (χ2v) is 4.51. The summed E-state index contributed by atoms with van der Waals surface area (Å²) in [6.07, 6.45) is -3.24. The summed E-state index contributed by atoms with van der Waals surface area (Å²) < 4.78 is 51.0. The van der Waals surface area contributed by atoms with Crippen molar-refractivity contribution < 1.29 is 17.6 Å². The van der Waals surface area contributed by atoms with E-state index in [0.29, 0.717) is 18.9 Å². The Morgan fingerprint density at radius 3 is 2.11 bits per heavy atom. The molecule has 0 aliphatic heterocycles. The quantitative estimate of drug-likeness (QED) is 0.804. The Labute approximate surface area is 110 Å². The monoisotopic (exact) mass is 278 g/mol. The highest BCUT2D eigenvalue weighted by Gasteiger charge is 2.32. The fraction of sp³-hybridized carbons (Fsp3) is 0.538. The largest absolute Gasteiger partial charge is 0.416 e. The minimum absolute atomic E-state index is 0.0437. The highest BCUT2D eigenvalue weighted by atomic mass is 19.4. The second-order valence-electron chi connectivity index (χ2n) is 4.51. The predicted molar refractivity (Wildman–Crippen MR) is 67.4 cm³/mol. The van der Waals surface area contributed by atoms with Gasteiger partial charge in [0, 0.05) is 12.1 Å². The van der Waals surface area contributed by atoms with Crippen LogP contribution in [0, 0.1) is 5.82 Å². The second kappa shape index (κ2) is 5.77. The van der Waals surface area contributed by atoms with Gasteiger partial charge in [-0.15, -0.1) is 0 Å². The Bertz CT molecular complexity index is 417. The van der Waals surface area contributed by atoms with Crippen LogP contribution in [-0.4, -0.2) is 12.1 Å². The van der Waals surface area contributed by atoms with Gasteiger partial charge in [-0.1, -0.05) is 13.8 Å². The SMILES string of the molecule is CCC(CC)(CN)Nc1ccc(C(F)(F)F)cc1F. The van der Waals surface area contributed by atoms with Crippen molar-refractivity contribution in [2.45, 2.75) is 38.4 Å². The number of nitrogens with two attached hydrogens (primary N) is 1. The van der Waals surface area contributed by atoms with Gasteiger partial charge in [-0.2, -0.15) is 13.2 Å². The molecule has 0 radical (unpaired) electrons. The molecule has 2 nitrogen and oxygen atoms in total. The van der Waals surface area contributed by atoms with Gasteiger partial charge in [-0.25, -0.2) is 4.39 Å². The number of anilines is 1. The van der Waals surface area contributed by atoms with Gasteiger partial charge in [0.2, 0.25) is 0 Å². The van der Waals surface area contributed by atoms with Gasteiger partial charge >= 0.3 is 6.18 Å². The molecule has 3 N–H and O–H groups in total. The number of hydrogen-bond acceptors (Lipinski definition) is 2. The third-order valence-corrected chi connectivity index (χ3v) is 3.44. The molecule has 1 aromatic rings. The predicted octanol–water partition coefficient (Wildman–Crippen LogP) is 3.77. The molecule has 0 saturated heterocycles. The van der Waals surface area contributed by atoms with E-state index in [2.05, 4.69) is 5.32 Å². The van der Waals surface area contributed by atoms with E-state index >= 15 is 0 Å². The molecular formula is C13H18F4N2. The number of halogens is 4. The maximum atomic E-state index is 13.7. The van der Waals surface area contributed by atoms with E-state index in [0.717, 1.165) is 12.1 Å². The lowest BCUT2D eigenvalue weighted by Gasteiger charge is -2.33. The van der Waals surface area contributed by atoms with Crippen molar-refractivity contribution in [3.63, 3.8) is 0 Å². The van der Waals surface area contributed by atoms with Crippen LogP contribution in [0.3, 0.4) is 0 Å². The van der Waals surface area contributed by atoms with Crippen molar-refractivity contribution in [1.29, 1.82) is 0 Å². The zero-order valence-corrected chi connectivity index (χ0v) is 10.9. The van der Waals surface area contributed by atoms with Crippen LogP contribution < -0.4 is 11.1 Å². The standard InChI is InChI=1S/C13H18F4N2/c1-3-12(4-2,8-18)19-11-6-5-9(7-10(11)14)13(15,16)17/h5-7,19H,3-4,8,18H2,1-2H3. The van der Waals surface area contributed by atoms with Crippen molar-refractivity contribution in [3.05, 3.63) is 29.6 Å². The average molecular weight is 278 g/mol. The van der Waals surface area contributed by atoms with Crippen molar-refractivity contribution in [3.8, 4) is 0 Å². The zero-order chi connectivity index (χ0) is 14.7. The van der Waals surface area contributed by atoms with Crippen LogP contribution in [0.15, 0.2) is 18.2 Å². The Morgan fingerprint density at radius 1 is 1.16 bits per heavy atom. The van der Waals surface area contributed by atoms with E-state index in [9.17, 15) is 17.6 Å². The normalized spacial score (nSPS) is 12.6. The lowest BCUT2D eigenvalue weighted by atomic mass is 9.92. The van der Waals surface area contributed by atoms with E-state index in [1.54, 1.807) is 0 Å². The van der Waals surface area contributed by atoms with Crippen LogP contribution in [0.2, 0.25) is 0 Å². The first-order valence-corrected chi connectivity index (χ1v) is 6.13. The molecule has 1 aromatic carbocycles. The molecule has 0 unspecified atom stereocenters. The van der Waals surface area contributed by atoms with Crippen molar-refractivity contribution >= 4 is 5.69 Å². The summed E-state index contributed by atoms with van der Waals surface area (Å²) in [7, 11) is 0. The number of rotatable bonds is 5. The molecule has 0 saturated carbocycles. The van der Waals surface area contributed by atoms with Gasteiger partial charge in [-0.3, -0.25) is 0 Å². The molecule has 0 aliphatic rings. The van der Waals surface area contributed by atoms with Crippen LogP contribution >= 0.6 is 0 Å². The van der Waals surface area contributed by atoms with Gasteiger partial charge in [0.1, 0.15) is 5.82 Å². The van der Waals surface area contributed by atoms with Gasteiger partial charge in [0.15, 0.2) is 0 Å². The van der Waals surface area contributed by atoms with Crippen molar-refractivity contribution in [1.82, 2.24) is 0 Å². The summed E-state index contributed by atoms with van der Waals surface area (Å²) in [5.74, 6) is -0.922. The van der Waals surface area contributed by atoms with E-state index in [-0.39, 0.29) is 12.2 Å². The Morgan fingerprint density at radius 2 is 1.74 bits per heavy atom. The van der Waals surface area contributed by atoms with E-state index in [1.165, 1.54) is 0 Å². The third-order valence-electron chi connectivity index (χ3n) is 3.44. The van der Waals surface area contributed by atoms with Crippen molar-refractivity contribution in [2.75, 3.05) is 11.9 Å². The number of alkyl halides is 3. The summed E-state index contributed by atoms with van der Waals surface area (Å²) in [4.78, 5) is 0. The summed E-state index contributed by atoms with van der Waals surface area (Å²) in [6, 6.07) is 2.46. The number of hydrogen-bond donors (Lipinski definition) is 2. The van der Waals surface area contributed by atoms with Crippen molar-refractivity contribution in [2.24, 2.45) is 5.73 Å². The molecule has 108 valence electrons. The topological polar surface area (TPSA) is 38.0 Å².